The molecule has 0 radical (unpaired) electrons. The molecule has 0 aliphatic rings. The molecule has 1 aromatic rings. The molecular formula is C13H25N5O. The van der Waals surface area contributed by atoms with Gasteiger partial charge in [0.1, 0.15) is 5.60 Å². The summed E-state index contributed by atoms with van der Waals surface area (Å²) in [5, 5.41) is 3.11. The molecule has 0 saturated carbocycles. The number of ether oxygens (including phenoxy) is 1. The first-order chi connectivity index (χ1) is 8.89. The number of anilines is 2. The van der Waals surface area contributed by atoms with Crippen LogP contribution in [0.25, 0.3) is 0 Å². The average molecular weight is 267 g/mol. The molecule has 0 amide bonds. The third kappa shape index (κ3) is 4.89. The van der Waals surface area contributed by atoms with E-state index < -0.39 is 0 Å². The summed E-state index contributed by atoms with van der Waals surface area (Å²) in [7, 11) is 0. The van der Waals surface area contributed by atoms with E-state index in [1.54, 1.807) is 0 Å². The summed E-state index contributed by atoms with van der Waals surface area (Å²) in [6.45, 7) is 14.5. The second kappa shape index (κ2) is 6.54. The van der Waals surface area contributed by atoms with Crippen molar-refractivity contribution in [2.24, 2.45) is 0 Å². The minimum Gasteiger partial charge on any atom is -0.458 e. The van der Waals surface area contributed by atoms with E-state index in [4.69, 9.17) is 4.74 Å². The molecule has 0 aromatic carbocycles. The third-order valence-corrected chi connectivity index (χ3v) is 2.38. The smallest absolute Gasteiger partial charge is 0.323 e. The van der Waals surface area contributed by atoms with Gasteiger partial charge in [-0.2, -0.15) is 15.0 Å². The van der Waals surface area contributed by atoms with E-state index in [1.807, 2.05) is 27.7 Å². The summed E-state index contributed by atoms with van der Waals surface area (Å²) in [5.41, 5.74) is -0.328. The Balaban J connectivity index is 3.09. The average Bonchev–Trinajstić information content (AvgIpc) is 2.28. The van der Waals surface area contributed by atoms with Crippen LogP contribution in [0.1, 0.15) is 41.5 Å². The maximum absolute atomic E-state index is 5.74. The highest BCUT2D eigenvalue weighted by molar-refractivity contribution is 5.38. The van der Waals surface area contributed by atoms with Crippen LogP contribution in [0.15, 0.2) is 0 Å². The van der Waals surface area contributed by atoms with E-state index in [0.29, 0.717) is 17.9 Å². The van der Waals surface area contributed by atoms with Crippen molar-refractivity contribution in [2.45, 2.75) is 47.1 Å². The van der Waals surface area contributed by atoms with Crippen molar-refractivity contribution in [3.63, 3.8) is 0 Å². The van der Waals surface area contributed by atoms with Crippen LogP contribution in [0, 0.1) is 0 Å². The standard InChI is InChI=1S/C13H25N5O/c1-7-14-10-15-11(18(8-2)9-3)17-12(16-10)19-13(4,5)6/h7-9H2,1-6H3,(H,14,15,16,17). The van der Waals surface area contributed by atoms with Crippen LogP contribution in [-0.2, 0) is 0 Å². The van der Waals surface area contributed by atoms with Crippen LogP contribution in [0.5, 0.6) is 6.01 Å². The minimum atomic E-state index is -0.328. The van der Waals surface area contributed by atoms with Gasteiger partial charge in [-0.3, -0.25) is 0 Å². The minimum absolute atomic E-state index is 0.328. The number of rotatable bonds is 6. The molecule has 0 fully saturated rings. The van der Waals surface area contributed by atoms with Gasteiger partial charge in [0.15, 0.2) is 0 Å². The first kappa shape index (κ1) is 15.5. The highest BCUT2D eigenvalue weighted by Gasteiger charge is 2.17. The van der Waals surface area contributed by atoms with Gasteiger partial charge in [0.25, 0.3) is 0 Å². The Morgan fingerprint density at radius 1 is 1.05 bits per heavy atom. The maximum Gasteiger partial charge on any atom is 0.323 e. The fourth-order valence-electron chi connectivity index (χ4n) is 1.55. The Kier molecular flexibility index (Phi) is 5.32. The quantitative estimate of drug-likeness (QED) is 0.853. The number of nitrogens with one attached hydrogen (secondary N) is 1. The van der Waals surface area contributed by atoms with Crippen molar-refractivity contribution in [3.05, 3.63) is 0 Å². The lowest BCUT2D eigenvalue weighted by atomic mass is 10.2. The van der Waals surface area contributed by atoms with Crippen LogP contribution in [0.4, 0.5) is 11.9 Å². The van der Waals surface area contributed by atoms with Gasteiger partial charge < -0.3 is 15.0 Å². The predicted octanol–water partition coefficient (Wildman–Crippen LogP) is 2.33. The fourth-order valence-corrected chi connectivity index (χ4v) is 1.55. The van der Waals surface area contributed by atoms with Crippen LogP contribution >= 0.6 is 0 Å². The van der Waals surface area contributed by atoms with Crippen LogP contribution < -0.4 is 15.0 Å². The lowest BCUT2D eigenvalue weighted by Crippen LogP contribution is -2.28. The summed E-state index contributed by atoms with van der Waals surface area (Å²) in [6.07, 6.45) is 0. The second-order valence-electron chi connectivity index (χ2n) is 5.16. The van der Waals surface area contributed by atoms with Crippen molar-refractivity contribution in [1.29, 1.82) is 0 Å². The van der Waals surface area contributed by atoms with Gasteiger partial charge in [-0.1, -0.05) is 0 Å². The zero-order valence-corrected chi connectivity index (χ0v) is 12.8. The molecule has 0 saturated heterocycles. The number of nitrogens with zero attached hydrogens (tertiary/aromatic N) is 4. The van der Waals surface area contributed by atoms with Gasteiger partial charge in [0.2, 0.25) is 11.9 Å². The molecular weight excluding hydrogens is 242 g/mol. The lowest BCUT2D eigenvalue weighted by Gasteiger charge is -2.22. The molecule has 0 aliphatic carbocycles. The highest BCUT2D eigenvalue weighted by Crippen LogP contribution is 2.18. The third-order valence-electron chi connectivity index (χ3n) is 2.38. The second-order valence-corrected chi connectivity index (χ2v) is 5.16. The summed E-state index contributed by atoms with van der Waals surface area (Å²) in [5.74, 6) is 1.20. The Morgan fingerprint density at radius 3 is 2.16 bits per heavy atom. The number of hydrogen-bond donors (Lipinski definition) is 1. The van der Waals surface area contributed by atoms with E-state index in [2.05, 4.69) is 39.0 Å². The molecule has 1 heterocycles. The van der Waals surface area contributed by atoms with Crippen LogP contribution in [-0.4, -0.2) is 40.2 Å². The van der Waals surface area contributed by atoms with E-state index in [0.717, 1.165) is 19.6 Å². The van der Waals surface area contributed by atoms with Gasteiger partial charge in [0.05, 0.1) is 0 Å². The van der Waals surface area contributed by atoms with E-state index in [-0.39, 0.29) is 5.60 Å². The summed E-state index contributed by atoms with van der Waals surface area (Å²) in [6, 6.07) is 0.361. The van der Waals surface area contributed by atoms with Crippen molar-refractivity contribution in [3.8, 4) is 6.01 Å². The molecule has 1 N–H and O–H groups in total. The Bertz CT molecular complexity index is 399. The van der Waals surface area contributed by atoms with Gasteiger partial charge >= 0.3 is 6.01 Å². The molecule has 0 spiro atoms. The molecule has 0 unspecified atom stereocenters. The summed E-state index contributed by atoms with van der Waals surface area (Å²) < 4.78 is 5.74. The summed E-state index contributed by atoms with van der Waals surface area (Å²) >= 11 is 0. The number of aromatic nitrogens is 3. The molecule has 108 valence electrons. The van der Waals surface area contributed by atoms with Gasteiger partial charge in [-0.15, -0.1) is 0 Å². The Morgan fingerprint density at radius 2 is 1.68 bits per heavy atom. The van der Waals surface area contributed by atoms with Crippen LogP contribution in [0.2, 0.25) is 0 Å². The highest BCUT2D eigenvalue weighted by atomic mass is 16.5. The van der Waals surface area contributed by atoms with E-state index in [1.165, 1.54) is 0 Å². The van der Waals surface area contributed by atoms with E-state index in [9.17, 15) is 0 Å². The molecule has 1 rings (SSSR count). The summed E-state index contributed by atoms with van der Waals surface area (Å²) in [4.78, 5) is 15.1. The molecule has 19 heavy (non-hydrogen) atoms. The number of hydrogen-bond acceptors (Lipinski definition) is 6. The van der Waals surface area contributed by atoms with Crippen molar-refractivity contribution in [2.75, 3.05) is 29.9 Å². The normalized spacial score (nSPS) is 11.3. The topological polar surface area (TPSA) is 63.2 Å². The SMILES string of the molecule is CCNc1nc(OC(C)(C)C)nc(N(CC)CC)n1. The van der Waals surface area contributed by atoms with Gasteiger partial charge in [0, 0.05) is 19.6 Å². The van der Waals surface area contributed by atoms with Gasteiger partial charge in [-0.25, -0.2) is 0 Å². The van der Waals surface area contributed by atoms with Crippen molar-refractivity contribution in [1.82, 2.24) is 15.0 Å². The zero-order chi connectivity index (χ0) is 14.5. The van der Waals surface area contributed by atoms with Crippen LogP contribution in [0.3, 0.4) is 0 Å². The van der Waals surface area contributed by atoms with Crippen molar-refractivity contribution < 1.29 is 4.74 Å². The molecule has 6 nitrogen and oxygen atoms in total. The first-order valence-electron chi connectivity index (χ1n) is 6.83. The first-order valence-corrected chi connectivity index (χ1v) is 6.83. The largest absolute Gasteiger partial charge is 0.458 e. The molecule has 0 bridgehead atoms. The van der Waals surface area contributed by atoms with E-state index >= 15 is 0 Å². The maximum atomic E-state index is 5.74. The molecule has 1 aromatic heterocycles. The lowest BCUT2D eigenvalue weighted by molar-refractivity contribution is 0.117. The van der Waals surface area contributed by atoms with Crippen molar-refractivity contribution >= 4 is 11.9 Å². The monoisotopic (exact) mass is 267 g/mol. The Labute approximate surface area is 115 Å². The zero-order valence-electron chi connectivity index (χ0n) is 12.8. The predicted molar refractivity (Wildman–Crippen MR) is 77.9 cm³/mol. The Hall–Kier alpha value is -1.59. The molecule has 6 heteroatoms. The van der Waals surface area contributed by atoms with Gasteiger partial charge in [-0.05, 0) is 41.5 Å². The molecule has 0 aliphatic heterocycles. The molecule has 0 atom stereocenters. The fraction of sp³-hybridized carbons (Fsp3) is 0.769.